The molecule has 10 heavy (non-hydrogen) atoms. The standard InChI is InChI=1S/C8H10N2/c1-6(9)10-8-3-2-7(4-8)5-8/h2-4H,5H2,1H3,(H2,9,10). The van der Waals surface area contributed by atoms with Crippen molar-refractivity contribution >= 4 is 5.84 Å². The summed E-state index contributed by atoms with van der Waals surface area (Å²) in [6, 6.07) is 0. The molecule has 0 heterocycles. The number of rotatable bonds is 1. The maximum Gasteiger partial charge on any atom is 0.104 e. The Kier molecular flexibility index (Phi) is 0.862. The van der Waals surface area contributed by atoms with E-state index >= 15 is 0 Å². The topological polar surface area (TPSA) is 38.4 Å². The summed E-state index contributed by atoms with van der Waals surface area (Å²) in [7, 11) is 0. The number of allylic oxidation sites excluding steroid dienone is 1. The first-order valence-corrected chi connectivity index (χ1v) is 3.43. The van der Waals surface area contributed by atoms with Gasteiger partial charge in [-0.05, 0) is 18.6 Å². The fourth-order valence-corrected chi connectivity index (χ4v) is 1.52. The second kappa shape index (κ2) is 1.51. The first-order chi connectivity index (χ1) is 4.70. The number of nitrogens with two attached hydrogens (primary N) is 1. The monoisotopic (exact) mass is 134 g/mol. The van der Waals surface area contributed by atoms with Gasteiger partial charge in [-0.1, -0.05) is 12.2 Å². The smallest absolute Gasteiger partial charge is 0.104 e. The molecule has 0 amide bonds. The zero-order valence-corrected chi connectivity index (χ0v) is 5.96. The van der Waals surface area contributed by atoms with Crippen LogP contribution in [0, 0.1) is 0 Å². The predicted octanol–water partition coefficient (Wildman–Crippen LogP) is 1.00. The van der Waals surface area contributed by atoms with Crippen LogP contribution in [0.2, 0.25) is 0 Å². The third-order valence-corrected chi connectivity index (χ3v) is 1.89. The number of hydrogen-bond donors (Lipinski definition) is 1. The van der Waals surface area contributed by atoms with Crippen molar-refractivity contribution in [1.82, 2.24) is 0 Å². The summed E-state index contributed by atoms with van der Waals surface area (Å²) in [5, 5.41) is 0. The van der Waals surface area contributed by atoms with E-state index in [1.54, 1.807) is 0 Å². The van der Waals surface area contributed by atoms with Gasteiger partial charge in [0.2, 0.25) is 0 Å². The molecule has 0 aromatic rings. The van der Waals surface area contributed by atoms with Crippen molar-refractivity contribution in [2.45, 2.75) is 18.9 Å². The van der Waals surface area contributed by atoms with Crippen LogP contribution < -0.4 is 5.73 Å². The molecular weight excluding hydrogens is 124 g/mol. The van der Waals surface area contributed by atoms with Crippen molar-refractivity contribution in [3.05, 3.63) is 23.8 Å². The van der Waals surface area contributed by atoms with Crippen molar-refractivity contribution in [3.8, 4) is 0 Å². The number of hydrogen-bond acceptors (Lipinski definition) is 1. The first kappa shape index (κ1) is 5.71. The molecule has 2 bridgehead atoms. The minimum absolute atomic E-state index is 0.0197. The Bertz CT molecular complexity index is 256. The van der Waals surface area contributed by atoms with E-state index in [0.29, 0.717) is 5.84 Å². The van der Waals surface area contributed by atoms with E-state index in [9.17, 15) is 0 Å². The molecule has 3 rings (SSSR count). The molecule has 2 nitrogen and oxygen atoms in total. The van der Waals surface area contributed by atoms with Crippen LogP contribution in [0.3, 0.4) is 0 Å². The average molecular weight is 134 g/mol. The Morgan fingerprint density at radius 2 is 2.50 bits per heavy atom. The second-order valence-electron chi connectivity index (χ2n) is 2.97. The number of aliphatic imine (C=N–C) groups is 1. The van der Waals surface area contributed by atoms with Gasteiger partial charge in [-0.15, -0.1) is 0 Å². The lowest BCUT2D eigenvalue weighted by molar-refractivity contribution is 0.623. The maximum atomic E-state index is 5.47. The van der Waals surface area contributed by atoms with Crippen LogP contribution in [0.4, 0.5) is 0 Å². The summed E-state index contributed by atoms with van der Waals surface area (Å²) >= 11 is 0. The van der Waals surface area contributed by atoms with Crippen LogP contribution in [0.25, 0.3) is 0 Å². The summed E-state index contributed by atoms with van der Waals surface area (Å²) in [6.07, 6.45) is 7.44. The van der Waals surface area contributed by atoms with Crippen molar-refractivity contribution in [1.29, 1.82) is 0 Å². The molecule has 0 saturated heterocycles. The van der Waals surface area contributed by atoms with Gasteiger partial charge in [-0.3, -0.25) is 4.99 Å². The van der Waals surface area contributed by atoms with Crippen molar-refractivity contribution < 1.29 is 0 Å². The summed E-state index contributed by atoms with van der Waals surface area (Å²) in [5.74, 6) is 0.668. The summed E-state index contributed by atoms with van der Waals surface area (Å²) < 4.78 is 0. The minimum Gasteiger partial charge on any atom is -0.388 e. The fourth-order valence-electron chi connectivity index (χ4n) is 1.52. The van der Waals surface area contributed by atoms with Gasteiger partial charge in [0.15, 0.2) is 0 Å². The minimum atomic E-state index is -0.0197. The molecule has 0 fully saturated rings. The lowest BCUT2D eigenvalue weighted by Gasteiger charge is -2.26. The van der Waals surface area contributed by atoms with Crippen LogP contribution in [-0.2, 0) is 0 Å². The third kappa shape index (κ3) is 0.618. The molecule has 52 valence electrons. The molecule has 0 saturated carbocycles. The first-order valence-electron chi connectivity index (χ1n) is 3.43. The SMILES string of the molecule is CC(N)=NC12C=CC(=C1)C2. The van der Waals surface area contributed by atoms with E-state index in [1.807, 2.05) is 6.92 Å². The highest BCUT2D eigenvalue weighted by Crippen LogP contribution is 2.42. The molecule has 2 heteroatoms. The molecule has 0 aromatic carbocycles. The van der Waals surface area contributed by atoms with E-state index < -0.39 is 0 Å². The molecule has 1 unspecified atom stereocenters. The normalized spacial score (nSPS) is 35.7. The maximum absolute atomic E-state index is 5.47. The zero-order valence-electron chi connectivity index (χ0n) is 5.96. The van der Waals surface area contributed by atoms with Crippen LogP contribution in [0.15, 0.2) is 28.8 Å². The van der Waals surface area contributed by atoms with Crippen molar-refractivity contribution in [2.24, 2.45) is 10.7 Å². The van der Waals surface area contributed by atoms with Gasteiger partial charge in [-0.2, -0.15) is 0 Å². The van der Waals surface area contributed by atoms with Gasteiger partial charge in [0.05, 0.1) is 5.84 Å². The molecule has 1 atom stereocenters. The molecular formula is C8H10N2. The molecule has 0 radical (unpaired) electrons. The Morgan fingerprint density at radius 3 is 2.90 bits per heavy atom. The van der Waals surface area contributed by atoms with Crippen LogP contribution in [0.1, 0.15) is 13.3 Å². The van der Waals surface area contributed by atoms with Gasteiger partial charge in [0.1, 0.15) is 5.54 Å². The highest BCUT2D eigenvalue weighted by molar-refractivity contribution is 5.79. The molecule has 2 N–H and O–H groups in total. The van der Waals surface area contributed by atoms with Gasteiger partial charge in [0.25, 0.3) is 0 Å². The van der Waals surface area contributed by atoms with E-state index in [4.69, 9.17) is 5.73 Å². The Hall–Kier alpha value is -1.05. The summed E-state index contributed by atoms with van der Waals surface area (Å²) in [6.45, 7) is 1.83. The van der Waals surface area contributed by atoms with Crippen LogP contribution in [-0.4, -0.2) is 11.4 Å². The van der Waals surface area contributed by atoms with Gasteiger partial charge >= 0.3 is 0 Å². The van der Waals surface area contributed by atoms with E-state index in [0.717, 1.165) is 6.42 Å². The van der Waals surface area contributed by atoms with Crippen molar-refractivity contribution in [2.75, 3.05) is 0 Å². The quantitative estimate of drug-likeness (QED) is 0.421. The van der Waals surface area contributed by atoms with Gasteiger partial charge in [0, 0.05) is 6.42 Å². The van der Waals surface area contributed by atoms with E-state index in [2.05, 4.69) is 23.2 Å². The molecule has 3 aliphatic carbocycles. The molecule has 3 aliphatic rings. The van der Waals surface area contributed by atoms with E-state index in [-0.39, 0.29) is 5.54 Å². The highest BCUT2D eigenvalue weighted by atomic mass is 14.9. The van der Waals surface area contributed by atoms with Gasteiger partial charge < -0.3 is 5.73 Å². The summed E-state index contributed by atoms with van der Waals surface area (Å²) in [5.41, 5.74) is 6.84. The Morgan fingerprint density at radius 1 is 1.80 bits per heavy atom. The molecule has 0 aliphatic heterocycles. The Balaban J connectivity index is 2.29. The predicted molar refractivity (Wildman–Crippen MR) is 41.9 cm³/mol. The molecule has 0 aromatic heterocycles. The summed E-state index contributed by atoms with van der Waals surface area (Å²) in [4.78, 5) is 4.31. The van der Waals surface area contributed by atoms with Crippen LogP contribution in [0.5, 0.6) is 0 Å². The number of amidine groups is 1. The number of nitrogens with zero attached hydrogens (tertiary/aromatic N) is 1. The Labute approximate surface area is 60.1 Å². The second-order valence-corrected chi connectivity index (χ2v) is 2.97. The fraction of sp³-hybridized carbons (Fsp3) is 0.375. The van der Waals surface area contributed by atoms with E-state index in [1.165, 1.54) is 5.57 Å². The molecule has 0 spiro atoms. The third-order valence-electron chi connectivity index (χ3n) is 1.89. The lowest BCUT2D eigenvalue weighted by Crippen LogP contribution is -2.27. The highest BCUT2D eigenvalue weighted by Gasteiger charge is 2.37. The van der Waals surface area contributed by atoms with Gasteiger partial charge in [-0.25, -0.2) is 0 Å². The largest absolute Gasteiger partial charge is 0.388 e. The van der Waals surface area contributed by atoms with Crippen molar-refractivity contribution in [3.63, 3.8) is 0 Å². The zero-order chi connectivity index (χ0) is 7.19. The average Bonchev–Trinajstić information content (AvgIpc) is 2.18. The van der Waals surface area contributed by atoms with Crippen LogP contribution >= 0.6 is 0 Å². The lowest BCUT2D eigenvalue weighted by atomic mass is 9.87.